The minimum atomic E-state index is 0.215. The van der Waals surface area contributed by atoms with E-state index in [0.717, 1.165) is 26.1 Å². The van der Waals surface area contributed by atoms with Crippen LogP contribution in [0.2, 0.25) is 0 Å². The Morgan fingerprint density at radius 2 is 2.07 bits per heavy atom. The van der Waals surface area contributed by atoms with Gasteiger partial charge in [0, 0.05) is 29.0 Å². The largest absolute Gasteiger partial charge is 0.381 e. The molecule has 2 rings (SSSR count). The Morgan fingerprint density at radius 3 is 2.60 bits per heavy atom. The third kappa shape index (κ3) is 2.41. The standard InChI is InChI=1S/C12H19NOS/c1-8-7-9(2)15-12(8)11(13)10-3-5-14-6-4-10/h7,10-11H,3-6,13H2,1-2H3. The van der Waals surface area contributed by atoms with Gasteiger partial charge in [-0.2, -0.15) is 0 Å². The summed E-state index contributed by atoms with van der Waals surface area (Å²) in [6.45, 7) is 6.07. The molecule has 1 aliphatic rings. The summed E-state index contributed by atoms with van der Waals surface area (Å²) in [4.78, 5) is 2.74. The second-order valence-corrected chi connectivity index (χ2v) is 5.67. The van der Waals surface area contributed by atoms with Gasteiger partial charge in [-0.3, -0.25) is 0 Å². The average Bonchev–Trinajstić information content (AvgIpc) is 2.58. The van der Waals surface area contributed by atoms with E-state index in [2.05, 4.69) is 19.9 Å². The first-order valence-electron chi connectivity index (χ1n) is 5.58. The van der Waals surface area contributed by atoms with Crippen LogP contribution < -0.4 is 5.73 Å². The predicted octanol–water partition coefficient (Wildman–Crippen LogP) is 2.79. The monoisotopic (exact) mass is 225 g/mol. The second kappa shape index (κ2) is 4.64. The number of rotatable bonds is 2. The van der Waals surface area contributed by atoms with Gasteiger partial charge in [-0.05, 0) is 44.2 Å². The highest BCUT2D eigenvalue weighted by molar-refractivity contribution is 7.12. The Hall–Kier alpha value is -0.380. The molecule has 0 bridgehead atoms. The molecule has 1 aliphatic heterocycles. The SMILES string of the molecule is Cc1cc(C)c(C(N)C2CCOCC2)s1. The third-order valence-corrected chi connectivity index (χ3v) is 4.41. The van der Waals surface area contributed by atoms with Crippen molar-refractivity contribution in [3.63, 3.8) is 0 Å². The van der Waals surface area contributed by atoms with Crippen LogP contribution in [0, 0.1) is 19.8 Å². The zero-order valence-electron chi connectivity index (χ0n) is 9.45. The lowest BCUT2D eigenvalue weighted by molar-refractivity contribution is 0.0587. The summed E-state index contributed by atoms with van der Waals surface area (Å²) in [7, 11) is 0. The van der Waals surface area contributed by atoms with E-state index in [-0.39, 0.29) is 6.04 Å². The molecule has 0 aromatic carbocycles. The van der Waals surface area contributed by atoms with Gasteiger partial charge in [0.1, 0.15) is 0 Å². The molecule has 2 heterocycles. The van der Waals surface area contributed by atoms with Crippen molar-refractivity contribution in [3.8, 4) is 0 Å². The Balaban J connectivity index is 2.12. The van der Waals surface area contributed by atoms with Gasteiger partial charge in [0.2, 0.25) is 0 Å². The molecule has 0 saturated carbocycles. The fourth-order valence-electron chi connectivity index (χ4n) is 2.28. The lowest BCUT2D eigenvalue weighted by atomic mass is 9.90. The van der Waals surface area contributed by atoms with Crippen molar-refractivity contribution in [1.82, 2.24) is 0 Å². The van der Waals surface area contributed by atoms with E-state index < -0.39 is 0 Å². The van der Waals surface area contributed by atoms with Crippen molar-refractivity contribution >= 4 is 11.3 Å². The second-order valence-electron chi connectivity index (χ2n) is 4.38. The summed E-state index contributed by atoms with van der Waals surface area (Å²) < 4.78 is 5.37. The maximum absolute atomic E-state index is 6.34. The van der Waals surface area contributed by atoms with Crippen LogP contribution in [0.25, 0.3) is 0 Å². The maximum atomic E-state index is 6.34. The zero-order valence-corrected chi connectivity index (χ0v) is 10.3. The van der Waals surface area contributed by atoms with Crippen LogP contribution in [0.5, 0.6) is 0 Å². The fourth-order valence-corrected chi connectivity index (χ4v) is 3.41. The molecule has 1 saturated heterocycles. The first-order chi connectivity index (χ1) is 7.18. The number of nitrogens with two attached hydrogens (primary N) is 1. The quantitative estimate of drug-likeness (QED) is 0.840. The molecule has 1 aromatic rings. The molecule has 0 radical (unpaired) electrons. The van der Waals surface area contributed by atoms with E-state index in [1.54, 1.807) is 0 Å². The molecule has 0 amide bonds. The summed E-state index contributed by atoms with van der Waals surface area (Å²) in [6.07, 6.45) is 2.22. The van der Waals surface area contributed by atoms with Gasteiger partial charge in [0.25, 0.3) is 0 Å². The molecule has 1 unspecified atom stereocenters. The topological polar surface area (TPSA) is 35.2 Å². The van der Waals surface area contributed by atoms with Crippen molar-refractivity contribution in [2.24, 2.45) is 11.7 Å². The first-order valence-corrected chi connectivity index (χ1v) is 6.40. The molecule has 1 fully saturated rings. The molecule has 1 aromatic heterocycles. The molecule has 2 N–H and O–H groups in total. The Kier molecular flexibility index (Phi) is 3.44. The summed E-state index contributed by atoms with van der Waals surface area (Å²) in [5.74, 6) is 0.607. The average molecular weight is 225 g/mol. The molecular weight excluding hydrogens is 206 g/mol. The summed E-state index contributed by atoms with van der Waals surface area (Å²) >= 11 is 1.85. The first kappa shape index (κ1) is 11.1. The van der Waals surface area contributed by atoms with E-state index in [1.807, 2.05) is 11.3 Å². The summed E-state index contributed by atoms with van der Waals surface area (Å²) in [5, 5.41) is 0. The van der Waals surface area contributed by atoms with Crippen molar-refractivity contribution in [3.05, 3.63) is 21.4 Å². The maximum Gasteiger partial charge on any atom is 0.0469 e. The minimum absolute atomic E-state index is 0.215. The Morgan fingerprint density at radius 1 is 1.40 bits per heavy atom. The summed E-state index contributed by atoms with van der Waals surface area (Å²) in [6, 6.07) is 2.45. The van der Waals surface area contributed by atoms with E-state index in [9.17, 15) is 0 Å². The van der Waals surface area contributed by atoms with Crippen molar-refractivity contribution < 1.29 is 4.74 Å². The van der Waals surface area contributed by atoms with Crippen LogP contribution >= 0.6 is 11.3 Å². The predicted molar refractivity (Wildman–Crippen MR) is 64.3 cm³/mol. The lowest BCUT2D eigenvalue weighted by Gasteiger charge is -2.27. The normalized spacial score (nSPS) is 20.5. The minimum Gasteiger partial charge on any atom is -0.381 e. The van der Waals surface area contributed by atoms with Crippen molar-refractivity contribution in [2.75, 3.05) is 13.2 Å². The summed E-state index contributed by atoms with van der Waals surface area (Å²) in [5.41, 5.74) is 7.70. The Labute approximate surface area is 95.4 Å². The number of thiophene rings is 1. The van der Waals surface area contributed by atoms with Gasteiger partial charge in [-0.15, -0.1) is 11.3 Å². The van der Waals surface area contributed by atoms with Crippen molar-refractivity contribution in [2.45, 2.75) is 32.7 Å². The van der Waals surface area contributed by atoms with Crippen LogP contribution in [0.1, 0.15) is 34.2 Å². The fraction of sp³-hybridized carbons (Fsp3) is 0.667. The molecule has 84 valence electrons. The Bertz CT molecular complexity index is 328. The van der Waals surface area contributed by atoms with Crippen LogP contribution in [0.4, 0.5) is 0 Å². The van der Waals surface area contributed by atoms with E-state index in [4.69, 9.17) is 10.5 Å². The highest BCUT2D eigenvalue weighted by atomic mass is 32.1. The highest BCUT2D eigenvalue weighted by Crippen LogP contribution is 2.34. The molecular formula is C12H19NOS. The molecule has 1 atom stereocenters. The van der Waals surface area contributed by atoms with Gasteiger partial charge >= 0.3 is 0 Å². The van der Waals surface area contributed by atoms with Crippen LogP contribution in [0.3, 0.4) is 0 Å². The van der Waals surface area contributed by atoms with Gasteiger partial charge in [0.05, 0.1) is 0 Å². The molecule has 0 spiro atoms. The molecule has 3 heteroatoms. The van der Waals surface area contributed by atoms with E-state index in [0.29, 0.717) is 5.92 Å². The number of hydrogen-bond acceptors (Lipinski definition) is 3. The van der Waals surface area contributed by atoms with Crippen LogP contribution in [-0.2, 0) is 4.74 Å². The van der Waals surface area contributed by atoms with Crippen LogP contribution in [-0.4, -0.2) is 13.2 Å². The lowest BCUT2D eigenvalue weighted by Crippen LogP contribution is -2.27. The van der Waals surface area contributed by atoms with Gasteiger partial charge in [0.15, 0.2) is 0 Å². The third-order valence-electron chi connectivity index (χ3n) is 3.16. The molecule has 0 aliphatic carbocycles. The van der Waals surface area contributed by atoms with Crippen LogP contribution in [0.15, 0.2) is 6.07 Å². The van der Waals surface area contributed by atoms with Gasteiger partial charge in [-0.25, -0.2) is 0 Å². The molecule has 15 heavy (non-hydrogen) atoms. The van der Waals surface area contributed by atoms with E-state index in [1.165, 1.54) is 15.3 Å². The zero-order chi connectivity index (χ0) is 10.8. The van der Waals surface area contributed by atoms with E-state index >= 15 is 0 Å². The molecule has 2 nitrogen and oxygen atoms in total. The number of ether oxygens (including phenoxy) is 1. The smallest absolute Gasteiger partial charge is 0.0469 e. The van der Waals surface area contributed by atoms with Gasteiger partial charge < -0.3 is 10.5 Å². The number of hydrogen-bond donors (Lipinski definition) is 1. The number of aryl methyl sites for hydroxylation is 2. The van der Waals surface area contributed by atoms with Gasteiger partial charge in [-0.1, -0.05) is 0 Å². The van der Waals surface area contributed by atoms with Crippen molar-refractivity contribution in [1.29, 1.82) is 0 Å². The highest BCUT2D eigenvalue weighted by Gasteiger charge is 2.24.